The van der Waals surface area contributed by atoms with Gasteiger partial charge in [-0.3, -0.25) is 9.36 Å². The predicted octanol–water partition coefficient (Wildman–Crippen LogP) is 4.35. The number of carbonyl (C=O) groups excluding carboxylic acids is 1. The Labute approximate surface area is 178 Å². The van der Waals surface area contributed by atoms with Crippen molar-refractivity contribution in [1.82, 2.24) is 20.1 Å². The summed E-state index contributed by atoms with van der Waals surface area (Å²) in [7, 11) is 0. The Hall–Kier alpha value is -1.80. The summed E-state index contributed by atoms with van der Waals surface area (Å²) < 4.78 is 8.74. The quantitative estimate of drug-likeness (QED) is 0.441. The fourth-order valence-electron chi connectivity index (χ4n) is 3.17. The first kappa shape index (κ1) is 20.9. The average molecular weight is 465 g/mol. The Morgan fingerprint density at radius 3 is 2.75 bits per heavy atom. The molecule has 1 N–H and O–H groups in total. The van der Waals surface area contributed by atoms with Crippen LogP contribution in [0.5, 0.6) is 5.75 Å². The van der Waals surface area contributed by atoms with E-state index < -0.39 is 0 Å². The van der Waals surface area contributed by atoms with Crippen LogP contribution in [0.1, 0.15) is 37.9 Å². The number of thioether (sulfide) groups is 1. The molecule has 1 heterocycles. The number of halogens is 1. The second kappa shape index (κ2) is 10.7. The highest BCUT2D eigenvalue weighted by Gasteiger charge is 2.18. The van der Waals surface area contributed by atoms with Crippen molar-refractivity contribution in [3.05, 3.63) is 47.2 Å². The van der Waals surface area contributed by atoms with E-state index in [9.17, 15) is 4.79 Å². The van der Waals surface area contributed by atoms with E-state index in [1.165, 1.54) is 31.0 Å². The highest BCUT2D eigenvalue weighted by Crippen LogP contribution is 2.21. The van der Waals surface area contributed by atoms with Crippen LogP contribution in [0.25, 0.3) is 0 Å². The van der Waals surface area contributed by atoms with E-state index in [2.05, 4.69) is 38.0 Å². The molecule has 8 heteroatoms. The minimum Gasteiger partial charge on any atom is -0.486 e. The van der Waals surface area contributed by atoms with E-state index >= 15 is 0 Å². The van der Waals surface area contributed by atoms with Gasteiger partial charge in [0.25, 0.3) is 0 Å². The Balaban J connectivity index is 1.55. The Morgan fingerprint density at radius 2 is 2.04 bits per heavy atom. The highest BCUT2D eigenvalue weighted by molar-refractivity contribution is 9.10. The second-order valence-electron chi connectivity index (χ2n) is 6.73. The lowest BCUT2D eigenvalue weighted by atomic mass is 9.95. The molecule has 0 aliphatic heterocycles. The van der Waals surface area contributed by atoms with Crippen LogP contribution in [0, 0.1) is 0 Å². The summed E-state index contributed by atoms with van der Waals surface area (Å²) in [6.45, 7) is 4.68. The second-order valence-corrected chi connectivity index (χ2v) is 8.59. The van der Waals surface area contributed by atoms with Crippen LogP contribution in [0.15, 0.2) is 46.5 Å². The molecule has 0 saturated heterocycles. The number of benzene rings is 1. The summed E-state index contributed by atoms with van der Waals surface area (Å²) in [5.41, 5.74) is 0. The largest absolute Gasteiger partial charge is 0.486 e. The SMILES string of the molecule is C=CCn1c(COc2ccc(Br)cc2)nnc1SCC(=O)NC1CCCCC1. The van der Waals surface area contributed by atoms with E-state index in [0.29, 0.717) is 35.9 Å². The molecule has 0 atom stereocenters. The van der Waals surface area contributed by atoms with Crippen LogP contribution in [0.4, 0.5) is 0 Å². The van der Waals surface area contributed by atoms with Gasteiger partial charge in [-0.2, -0.15) is 0 Å². The van der Waals surface area contributed by atoms with Gasteiger partial charge in [0.2, 0.25) is 5.91 Å². The maximum atomic E-state index is 12.3. The van der Waals surface area contributed by atoms with Gasteiger partial charge in [-0.25, -0.2) is 0 Å². The third-order valence-corrected chi connectivity index (χ3v) is 6.08. The van der Waals surface area contributed by atoms with E-state index in [0.717, 1.165) is 23.1 Å². The van der Waals surface area contributed by atoms with Gasteiger partial charge < -0.3 is 10.1 Å². The van der Waals surface area contributed by atoms with Crippen LogP contribution in [-0.4, -0.2) is 32.5 Å². The Morgan fingerprint density at radius 1 is 1.29 bits per heavy atom. The van der Waals surface area contributed by atoms with Gasteiger partial charge in [-0.15, -0.1) is 16.8 Å². The topological polar surface area (TPSA) is 69.0 Å². The summed E-state index contributed by atoms with van der Waals surface area (Å²) in [5, 5.41) is 12.3. The summed E-state index contributed by atoms with van der Waals surface area (Å²) in [5.74, 6) is 1.85. The number of aromatic nitrogens is 3. The zero-order valence-corrected chi connectivity index (χ0v) is 18.2. The molecule has 1 aromatic heterocycles. The van der Waals surface area contributed by atoms with Crippen LogP contribution >= 0.6 is 27.7 Å². The standard InChI is InChI=1S/C20H25BrN4O2S/c1-2-12-25-18(13-27-17-10-8-15(21)9-11-17)23-24-20(25)28-14-19(26)22-16-6-4-3-5-7-16/h2,8-11,16H,1,3-7,12-14H2,(H,22,26). The van der Waals surface area contributed by atoms with Crippen molar-refractivity contribution in [1.29, 1.82) is 0 Å². The molecule has 1 aromatic carbocycles. The number of ether oxygens (including phenoxy) is 1. The summed E-state index contributed by atoms with van der Waals surface area (Å²) in [4.78, 5) is 12.3. The smallest absolute Gasteiger partial charge is 0.230 e. The van der Waals surface area contributed by atoms with Crippen molar-refractivity contribution >= 4 is 33.6 Å². The van der Waals surface area contributed by atoms with Gasteiger partial charge in [0.15, 0.2) is 11.0 Å². The van der Waals surface area contributed by atoms with Gasteiger partial charge in [0.1, 0.15) is 12.4 Å². The number of hydrogen-bond acceptors (Lipinski definition) is 5. The molecule has 3 rings (SSSR count). The first-order valence-electron chi connectivity index (χ1n) is 9.49. The molecule has 2 aromatic rings. The fraction of sp³-hybridized carbons (Fsp3) is 0.450. The van der Waals surface area contributed by atoms with Crippen molar-refractivity contribution in [3.8, 4) is 5.75 Å². The number of hydrogen-bond donors (Lipinski definition) is 1. The van der Waals surface area contributed by atoms with Crippen LogP contribution in [-0.2, 0) is 17.9 Å². The van der Waals surface area contributed by atoms with Gasteiger partial charge in [-0.1, -0.05) is 53.0 Å². The number of amides is 1. The van der Waals surface area contributed by atoms with Crippen molar-refractivity contribution in [2.45, 2.75) is 56.5 Å². The van der Waals surface area contributed by atoms with E-state index in [1.54, 1.807) is 6.08 Å². The lowest BCUT2D eigenvalue weighted by Gasteiger charge is -2.22. The third kappa shape index (κ3) is 6.10. The van der Waals surface area contributed by atoms with Gasteiger partial charge in [-0.05, 0) is 37.1 Å². The molecule has 0 radical (unpaired) electrons. The van der Waals surface area contributed by atoms with E-state index in [1.807, 2.05) is 28.8 Å². The van der Waals surface area contributed by atoms with Crippen molar-refractivity contribution < 1.29 is 9.53 Å². The van der Waals surface area contributed by atoms with Crippen LogP contribution in [0.3, 0.4) is 0 Å². The average Bonchev–Trinajstić information content (AvgIpc) is 3.09. The summed E-state index contributed by atoms with van der Waals surface area (Å²) >= 11 is 4.80. The number of carbonyl (C=O) groups is 1. The molecule has 1 amide bonds. The lowest BCUT2D eigenvalue weighted by Crippen LogP contribution is -2.37. The molecule has 28 heavy (non-hydrogen) atoms. The first-order valence-corrected chi connectivity index (χ1v) is 11.3. The predicted molar refractivity (Wildman–Crippen MR) is 114 cm³/mol. The lowest BCUT2D eigenvalue weighted by molar-refractivity contribution is -0.119. The third-order valence-electron chi connectivity index (χ3n) is 4.59. The molecular formula is C20H25BrN4O2S. The Kier molecular flexibility index (Phi) is 7.97. The zero-order chi connectivity index (χ0) is 19.8. The van der Waals surface area contributed by atoms with E-state index in [4.69, 9.17) is 4.74 Å². The molecule has 0 spiro atoms. The monoisotopic (exact) mass is 464 g/mol. The molecule has 6 nitrogen and oxygen atoms in total. The molecular weight excluding hydrogens is 440 g/mol. The number of allylic oxidation sites excluding steroid dienone is 1. The van der Waals surface area contributed by atoms with Crippen LogP contribution in [0.2, 0.25) is 0 Å². The van der Waals surface area contributed by atoms with Crippen LogP contribution < -0.4 is 10.1 Å². The molecule has 1 aliphatic rings. The molecule has 1 fully saturated rings. The Bertz CT molecular complexity index is 788. The van der Waals surface area contributed by atoms with Gasteiger partial charge >= 0.3 is 0 Å². The van der Waals surface area contributed by atoms with Crippen molar-refractivity contribution in [2.24, 2.45) is 0 Å². The molecule has 1 aliphatic carbocycles. The fourth-order valence-corrected chi connectivity index (χ4v) is 4.21. The molecule has 0 bridgehead atoms. The highest BCUT2D eigenvalue weighted by atomic mass is 79.9. The number of nitrogens with one attached hydrogen (secondary N) is 1. The maximum absolute atomic E-state index is 12.3. The molecule has 1 saturated carbocycles. The van der Waals surface area contributed by atoms with E-state index in [-0.39, 0.29) is 5.91 Å². The van der Waals surface area contributed by atoms with Gasteiger partial charge in [0, 0.05) is 17.1 Å². The first-order chi connectivity index (χ1) is 13.7. The minimum atomic E-state index is 0.0534. The normalized spacial score (nSPS) is 14.6. The summed E-state index contributed by atoms with van der Waals surface area (Å²) in [6, 6.07) is 7.96. The summed E-state index contributed by atoms with van der Waals surface area (Å²) in [6.07, 6.45) is 7.64. The number of rotatable bonds is 9. The van der Waals surface area contributed by atoms with Crippen molar-refractivity contribution in [3.63, 3.8) is 0 Å². The van der Waals surface area contributed by atoms with Crippen molar-refractivity contribution in [2.75, 3.05) is 5.75 Å². The maximum Gasteiger partial charge on any atom is 0.230 e. The molecule has 150 valence electrons. The van der Waals surface area contributed by atoms with Gasteiger partial charge in [0.05, 0.1) is 5.75 Å². The zero-order valence-electron chi connectivity index (χ0n) is 15.8. The molecule has 0 unspecified atom stereocenters. The minimum absolute atomic E-state index is 0.0534. The number of nitrogens with zero attached hydrogens (tertiary/aromatic N) is 3.